The van der Waals surface area contributed by atoms with Crippen LogP contribution < -0.4 is 9.75 Å². The fraction of sp³-hybridized carbons (Fsp3) is 0.667. The quantitative estimate of drug-likeness (QED) is 0.184. The molecule has 52 heavy (non-hydrogen) atoms. The van der Waals surface area contributed by atoms with Crippen molar-refractivity contribution in [2.45, 2.75) is 154 Å². The van der Waals surface area contributed by atoms with Gasteiger partial charge in [-0.25, -0.2) is 0 Å². The van der Waals surface area contributed by atoms with Crippen molar-refractivity contribution in [3.05, 3.63) is 67.9 Å². The van der Waals surface area contributed by atoms with Gasteiger partial charge in [-0.3, -0.25) is 9.59 Å². The van der Waals surface area contributed by atoms with Gasteiger partial charge in [0, 0.05) is 26.4 Å². The molecule has 304 valence electrons. The molecule has 0 atom stereocenters. The first-order chi connectivity index (χ1) is 24.7. The van der Waals surface area contributed by atoms with Gasteiger partial charge in [0.15, 0.2) is 0 Å². The predicted octanol–water partition coefficient (Wildman–Crippen LogP) is 12.6. The zero-order valence-corrected chi connectivity index (χ0v) is 36.5. The van der Waals surface area contributed by atoms with E-state index in [-0.39, 0.29) is 104 Å². The Morgan fingerprint density at radius 1 is 0.365 bits per heavy atom. The van der Waals surface area contributed by atoms with Crippen molar-refractivity contribution in [1.29, 1.82) is 0 Å². The van der Waals surface area contributed by atoms with Crippen LogP contribution in [0.5, 0.6) is 0 Å². The summed E-state index contributed by atoms with van der Waals surface area (Å²) in [6, 6.07) is 15.3. The molecule has 4 aliphatic carbocycles. The van der Waals surface area contributed by atoms with E-state index < -0.39 is 0 Å². The van der Waals surface area contributed by atoms with Crippen molar-refractivity contribution in [2.75, 3.05) is 26.4 Å². The van der Waals surface area contributed by atoms with Crippen molar-refractivity contribution < 1.29 is 103 Å². The molecule has 2 aromatic carbocycles. The largest absolute Gasteiger partial charge is 2.00 e. The number of ether oxygens (including phenoxy) is 2. The molecule has 6 nitrogen and oxygen atoms in total. The first-order valence-electron chi connectivity index (χ1n) is 20.0. The second-order valence-electron chi connectivity index (χ2n) is 13.7. The predicted molar refractivity (Wildman–Crippen MR) is 217 cm³/mol. The van der Waals surface area contributed by atoms with Gasteiger partial charge in [-0.2, -0.15) is 0 Å². The number of rotatable bonds is 0. The normalized spacial score (nSPS) is 17.8. The molecule has 4 heterocycles. The monoisotopic (exact) mass is 1070 g/mol. The fourth-order valence-corrected chi connectivity index (χ4v) is 7.82. The smallest absolute Gasteiger partial charge is 0.381 e. The van der Waals surface area contributed by atoms with Crippen molar-refractivity contribution in [2.24, 2.45) is 0 Å². The van der Waals surface area contributed by atoms with Crippen LogP contribution in [0.25, 0.3) is 20.4 Å². The first-order valence-corrected chi connectivity index (χ1v) is 21.7. The number of aromatic amines is 2. The summed E-state index contributed by atoms with van der Waals surface area (Å²) in [5.74, 6) is 0. The second-order valence-corrected chi connectivity index (χ2v) is 15.8. The third-order valence-electron chi connectivity index (χ3n) is 9.31. The topological polar surface area (TPSA) is 84.2 Å². The van der Waals surface area contributed by atoms with Gasteiger partial charge in [-0.15, -0.1) is 0 Å². The number of benzene rings is 2. The van der Waals surface area contributed by atoms with E-state index in [1.807, 2.05) is 48.5 Å². The van der Waals surface area contributed by atoms with Crippen LogP contribution in [0.1, 0.15) is 154 Å². The molecule has 0 amide bonds. The summed E-state index contributed by atoms with van der Waals surface area (Å²) in [6.45, 7) is 4.00. The molecule has 2 N–H and O–H groups in total. The zero-order valence-electron chi connectivity index (χ0n) is 31.4. The van der Waals surface area contributed by atoms with Crippen LogP contribution in [0, 0.1) is 93.8 Å². The van der Waals surface area contributed by atoms with Crippen LogP contribution in [0.3, 0.4) is 0 Å². The van der Waals surface area contributed by atoms with Crippen molar-refractivity contribution in [3.8, 4) is 0 Å². The van der Waals surface area contributed by atoms with Crippen LogP contribution in [0.4, 0.5) is 0 Å². The maximum atomic E-state index is 10.8. The molecule has 2 aliphatic heterocycles. The maximum absolute atomic E-state index is 10.8. The summed E-state index contributed by atoms with van der Waals surface area (Å²) in [7, 11) is 0. The van der Waals surface area contributed by atoms with Crippen molar-refractivity contribution in [1.82, 2.24) is 9.97 Å². The summed E-state index contributed by atoms with van der Waals surface area (Å²) < 4.78 is 11.9. The molecule has 10 rings (SSSR count). The minimum Gasteiger partial charge on any atom is -0.381 e. The molecule has 0 unspecified atom stereocenters. The third-order valence-corrected chi connectivity index (χ3v) is 11.0. The van der Waals surface area contributed by atoms with Gasteiger partial charge in [-0.05, 0) is 49.9 Å². The van der Waals surface area contributed by atoms with Crippen LogP contribution in [-0.2, 0) is 9.47 Å². The molecular weight excluding hydrogens is 1010 g/mol. The van der Waals surface area contributed by atoms with Gasteiger partial charge < -0.3 is 19.4 Å². The Bertz CT molecular complexity index is 1170. The molecule has 2 aromatic heterocycles. The van der Waals surface area contributed by atoms with Crippen LogP contribution in [-0.4, -0.2) is 36.4 Å². The Morgan fingerprint density at radius 3 is 0.788 bits per heavy atom. The molecule has 4 aromatic rings. The standard InChI is InChI=1S/2C7H5NOS.4C5H10.2C4H8O.2Yb/c2*9-7-8-5-3-1-2-4-6(5)10-7;6*1-2-4-5-3-1;;/h2*1-4H,(H,8,9);4*1-5H2;2*1-4H2;;/q;;;;;;;;2*+2. The summed E-state index contributed by atoms with van der Waals surface area (Å²) in [4.78, 5) is 27.0. The minimum absolute atomic E-state index is 0. The van der Waals surface area contributed by atoms with E-state index in [2.05, 4.69) is 9.97 Å². The van der Waals surface area contributed by atoms with Crippen LogP contribution in [0.15, 0.2) is 58.1 Å². The molecule has 4 saturated carbocycles. The molecule has 10 heteroatoms. The fourth-order valence-electron chi connectivity index (χ4n) is 6.34. The maximum Gasteiger partial charge on any atom is 2.00 e. The van der Waals surface area contributed by atoms with E-state index in [4.69, 9.17) is 9.47 Å². The Kier molecular flexibility index (Phi) is 35.3. The molecule has 0 spiro atoms. The SMILES string of the molecule is C1CCCC1.C1CCCC1.C1CCCC1.C1CCCC1.C1CCOC1.C1CCOC1.O=c1[nH]c2ccccc2s1.O=c1[nH]c2ccccc2s1.[Yb+2].[Yb+2]. The van der Waals surface area contributed by atoms with Crippen molar-refractivity contribution >= 4 is 43.1 Å². The van der Waals surface area contributed by atoms with Gasteiger partial charge in [0.05, 0.1) is 20.4 Å². The van der Waals surface area contributed by atoms with E-state index in [0.29, 0.717) is 0 Å². The number of para-hydroxylation sites is 2. The molecule has 0 bridgehead atoms. The van der Waals surface area contributed by atoms with E-state index in [9.17, 15) is 9.59 Å². The third kappa shape index (κ3) is 26.6. The molecule has 6 fully saturated rings. The zero-order chi connectivity index (χ0) is 35.2. The second kappa shape index (κ2) is 36.1. The van der Waals surface area contributed by atoms with Crippen LogP contribution >= 0.6 is 22.7 Å². The summed E-state index contributed by atoms with van der Waals surface area (Å²) in [5.41, 5.74) is 1.86. The van der Waals surface area contributed by atoms with E-state index in [0.717, 1.165) is 46.9 Å². The first kappa shape index (κ1) is 50.8. The average molecular weight is 1070 g/mol. The van der Waals surface area contributed by atoms with Gasteiger partial charge in [0.1, 0.15) is 0 Å². The number of fused-ring (bicyclic) bond motifs is 2. The minimum atomic E-state index is 0. The number of hydrogen-bond donors (Lipinski definition) is 2. The molecular formula is C42H66N2O4S2Yb2+4. The van der Waals surface area contributed by atoms with E-state index >= 15 is 0 Å². The number of H-pyrrole nitrogens is 2. The Hall–Kier alpha value is 0.779. The van der Waals surface area contributed by atoms with Crippen molar-refractivity contribution in [3.63, 3.8) is 0 Å². The molecule has 0 radical (unpaired) electrons. The van der Waals surface area contributed by atoms with Gasteiger partial charge in [0.2, 0.25) is 0 Å². The Morgan fingerprint density at radius 2 is 0.596 bits per heavy atom. The Labute approximate surface area is 399 Å². The number of aromatic nitrogens is 2. The average Bonchev–Trinajstić information content (AvgIpc) is 4.04. The number of thiazole rings is 2. The summed E-state index contributed by atoms with van der Waals surface area (Å²) in [5, 5.41) is 0. The summed E-state index contributed by atoms with van der Waals surface area (Å²) in [6.07, 6.45) is 35.1. The molecule has 6 aliphatic rings. The molecule has 2 saturated heterocycles. The van der Waals surface area contributed by atoms with E-state index in [1.165, 1.54) is 177 Å². The van der Waals surface area contributed by atoms with Crippen LogP contribution in [0.2, 0.25) is 0 Å². The van der Waals surface area contributed by atoms with Gasteiger partial charge in [-0.1, -0.05) is 175 Å². The number of hydrogen-bond acceptors (Lipinski definition) is 6. The summed E-state index contributed by atoms with van der Waals surface area (Å²) >= 11 is 2.48. The van der Waals surface area contributed by atoms with Gasteiger partial charge in [0.25, 0.3) is 0 Å². The van der Waals surface area contributed by atoms with E-state index in [1.54, 1.807) is 0 Å². The van der Waals surface area contributed by atoms with Gasteiger partial charge >= 0.3 is 104 Å². The number of nitrogens with one attached hydrogen (secondary N) is 2. The Balaban J connectivity index is 0.000000302.